The summed E-state index contributed by atoms with van der Waals surface area (Å²) in [6.45, 7) is 7.97. The van der Waals surface area contributed by atoms with Crippen LogP contribution in [0.25, 0.3) is 17.0 Å². The molecule has 3 aromatic rings. The first kappa shape index (κ1) is 14.4. The predicted molar refractivity (Wildman–Crippen MR) is 94.2 cm³/mol. The van der Waals surface area contributed by atoms with Gasteiger partial charge in [0.1, 0.15) is 11.3 Å². The Hall–Kier alpha value is -2.54. The van der Waals surface area contributed by atoms with Crippen LogP contribution in [0.3, 0.4) is 0 Å². The molecule has 0 aliphatic rings. The third-order valence-electron chi connectivity index (χ3n) is 4.09. The molecule has 0 radical (unpaired) electrons. The van der Waals surface area contributed by atoms with Crippen LogP contribution in [-0.4, -0.2) is 0 Å². The van der Waals surface area contributed by atoms with E-state index >= 15 is 0 Å². The summed E-state index contributed by atoms with van der Waals surface area (Å²) in [5.41, 5.74) is 6.03. The Morgan fingerprint density at radius 3 is 2.55 bits per heavy atom. The van der Waals surface area contributed by atoms with Crippen molar-refractivity contribution in [1.82, 2.24) is 0 Å². The normalized spacial score (nSPS) is 11.4. The Morgan fingerprint density at radius 2 is 1.82 bits per heavy atom. The lowest BCUT2D eigenvalue weighted by atomic mass is 9.97. The SMILES string of the molecule is C=C/C=C\c1oc2c(Cc3ccccc3)c(C)ccc2c1C. The Labute approximate surface area is 131 Å². The lowest BCUT2D eigenvalue weighted by Crippen LogP contribution is -1.92. The van der Waals surface area contributed by atoms with Gasteiger partial charge in [-0.25, -0.2) is 0 Å². The summed E-state index contributed by atoms with van der Waals surface area (Å²) in [4.78, 5) is 0. The molecule has 0 saturated heterocycles. The summed E-state index contributed by atoms with van der Waals surface area (Å²) in [6.07, 6.45) is 6.54. The van der Waals surface area contributed by atoms with Crippen molar-refractivity contribution in [1.29, 1.82) is 0 Å². The van der Waals surface area contributed by atoms with Gasteiger partial charge in [-0.3, -0.25) is 0 Å². The number of aryl methyl sites for hydroxylation is 2. The molecule has 110 valence electrons. The van der Waals surface area contributed by atoms with E-state index in [0.29, 0.717) is 0 Å². The maximum Gasteiger partial charge on any atom is 0.138 e. The first-order valence-corrected chi connectivity index (χ1v) is 7.55. The van der Waals surface area contributed by atoms with E-state index < -0.39 is 0 Å². The third-order valence-corrected chi connectivity index (χ3v) is 4.09. The van der Waals surface area contributed by atoms with Crippen molar-refractivity contribution in [3.63, 3.8) is 0 Å². The van der Waals surface area contributed by atoms with E-state index in [0.717, 1.165) is 17.8 Å². The lowest BCUT2D eigenvalue weighted by Gasteiger charge is -2.07. The van der Waals surface area contributed by atoms with E-state index in [9.17, 15) is 0 Å². The van der Waals surface area contributed by atoms with Crippen LogP contribution in [0.4, 0.5) is 0 Å². The fourth-order valence-electron chi connectivity index (χ4n) is 2.79. The van der Waals surface area contributed by atoms with Crippen LogP contribution < -0.4 is 0 Å². The van der Waals surface area contributed by atoms with Crippen molar-refractivity contribution in [2.45, 2.75) is 20.3 Å². The second kappa shape index (κ2) is 6.07. The van der Waals surface area contributed by atoms with Gasteiger partial charge >= 0.3 is 0 Å². The van der Waals surface area contributed by atoms with Crippen LogP contribution in [0, 0.1) is 13.8 Å². The number of hydrogen-bond donors (Lipinski definition) is 0. The average molecular weight is 288 g/mol. The minimum absolute atomic E-state index is 0.890. The zero-order chi connectivity index (χ0) is 15.5. The van der Waals surface area contributed by atoms with Crippen molar-refractivity contribution in [2.24, 2.45) is 0 Å². The van der Waals surface area contributed by atoms with Crippen LogP contribution in [-0.2, 0) is 6.42 Å². The van der Waals surface area contributed by atoms with Gasteiger partial charge in [-0.2, -0.15) is 0 Å². The molecule has 1 heteroatoms. The van der Waals surface area contributed by atoms with Gasteiger partial charge in [0, 0.05) is 22.9 Å². The Morgan fingerprint density at radius 1 is 1.05 bits per heavy atom. The fourth-order valence-corrected chi connectivity index (χ4v) is 2.79. The molecule has 22 heavy (non-hydrogen) atoms. The standard InChI is InChI=1S/C21H20O/c1-4-5-11-20-16(3)18-13-12-15(2)19(21(18)22-20)14-17-9-7-6-8-10-17/h4-13H,1,14H2,2-3H3/b11-5-. The summed E-state index contributed by atoms with van der Waals surface area (Å²) in [5, 5.41) is 1.19. The molecule has 2 aromatic carbocycles. The number of furan rings is 1. The van der Waals surface area contributed by atoms with Crippen LogP contribution in [0.1, 0.15) is 28.0 Å². The molecule has 0 aliphatic carbocycles. The van der Waals surface area contributed by atoms with E-state index in [1.165, 1.54) is 27.6 Å². The van der Waals surface area contributed by atoms with Gasteiger partial charge in [0.2, 0.25) is 0 Å². The Bertz CT molecular complexity index is 835. The van der Waals surface area contributed by atoms with Crippen LogP contribution >= 0.6 is 0 Å². The third kappa shape index (κ3) is 2.62. The predicted octanol–water partition coefficient (Wildman–Crippen LogP) is 5.84. The molecule has 0 saturated carbocycles. The molecule has 0 fully saturated rings. The number of allylic oxidation sites excluding steroid dienone is 2. The van der Waals surface area contributed by atoms with Crippen LogP contribution in [0.15, 0.2) is 65.6 Å². The molecule has 0 bridgehead atoms. The molecule has 1 nitrogen and oxygen atoms in total. The Balaban J connectivity index is 2.14. The highest BCUT2D eigenvalue weighted by Crippen LogP contribution is 2.32. The molecule has 0 N–H and O–H groups in total. The number of fused-ring (bicyclic) bond motifs is 1. The quantitative estimate of drug-likeness (QED) is 0.550. The summed E-state index contributed by atoms with van der Waals surface area (Å²) in [6, 6.07) is 14.9. The minimum Gasteiger partial charge on any atom is -0.456 e. The van der Waals surface area contributed by atoms with Crippen molar-refractivity contribution in [2.75, 3.05) is 0 Å². The monoisotopic (exact) mass is 288 g/mol. The lowest BCUT2D eigenvalue weighted by molar-refractivity contribution is 0.597. The van der Waals surface area contributed by atoms with E-state index in [1.54, 1.807) is 6.08 Å². The molecule has 0 unspecified atom stereocenters. The topological polar surface area (TPSA) is 13.1 Å². The largest absolute Gasteiger partial charge is 0.456 e. The first-order valence-electron chi connectivity index (χ1n) is 7.55. The average Bonchev–Trinajstić information content (AvgIpc) is 2.86. The van der Waals surface area contributed by atoms with E-state index in [1.807, 2.05) is 18.2 Å². The molecule has 0 amide bonds. The Kier molecular flexibility index (Phi) is 3.97. The van der Waals surface area contributed by atoms with Crippen LogP contribution in [0.2, 0.25) is 0 Å². The number of rotatable bonds is 4. The van der Waals surface area contributed by atoms with Crippen molar-refractivity contribution < 1.29 is 4.42 Å². The molecular formula is C21H20O. The van der Waals surface area contributed by atoms with E-state index in [2.05, 4.69) is 56.8 Å². The van der Waals surface area contributed by atoms with Crippen LogP contribution in [0.5, 0.6) is 0 Å². The van der Waals surface area contributed by atoms with Gasteiger partial charge in [-0.1, -0.05) is 61.2 Å². The van der Waals surface area contributed by atoms with Gasteiger partial charge in [-0.05, 0) is 31.1 Å². The van der Waals surface area contributed by atoms with Crippen molar-refractivity contribution >= 4 is 17.0 Å². The summed E-state index contributed by atoms with van der Waals surface area (Å²) in [5.74, 6) is 0.912. The maximum absolute atomic E-state index is 6.15. The second-order valence-electron chi connectivity index (χ2n) is 5.59. The van der Waals surface area contributed by atoms with E-state index in [4.69, 9.17) is 4.42 Å². The molecule has 3 rings (SSSR count). The van der Waals surface area contributed by atoms with Gasteiger partial charge in [0.25, 0.3) is 0 Å². The molecule has 1 heterocycles. The fraction of sp³-hybridized carbons (Fsp3) is 0.143. The highest BCUT2D eigenvalue weighted by Gasteiger charge is 2.14. The highest BCUT2D eigenvalue weighted by atomic mass is 16.3. The van der Waals surface area contributed by atoms with Gasteiger partial charge in [-0.15, -0.1) is 0 Å². The molecule has 1 aromatic heterocycles. The second-order valence-corrected chi connectivity index (χ2v) is 5.59. The zero-order valence-electron chi connectivity index (χ0n) is 13.1. The molecule has 0 aliphatic heterocycles. The molecular weight excluding hydrogens is 268 g/mol. The smallest absolute Gasteiger partial charge is 0.138 e. The first-order chi connectivity index (χ1) is 10.7. The summed E-state index contributed by atoms with van der Waals surface area (Å²) < 4.78 is 6.15. The van der Waals surface area contributed by atoms with Gasteiger partial charge < -0.3 is 4.42 Å². The number of hydrogen-bond acceptors (Lipinski definition) is 1. The zero-order valence-corrected chi connectivity index (χ0v) is 13.1. The highest BCUT2D eigenvalue weighted by molar-refractivity contribution is 5.88. The molecule has 0 spiro atoms. The van der Waals surface area contributed by atoms with Crippen molar-refractivity contribution in [3.8, 4) is 0 Å². The van der Waals surface area contributed by atoms with Gasteiger partial charge in [0.05, 0.1) is 0 Å². The maximum atomic E-state index is 6.15. The summed E-state index contributed by atoms with van der Waals surface area (Å²) >= 11 is 0. The van der Waals surface area contributed by atoms with Gasteiger partial charge in [0.15, 0.2) is 0 Å². The molecule has 0 atom stereocenters. The van der Waals surface area contributed by atoms with Crippen molar-refractivity contribution in [3.05, 3.63) is 89.2 Å². The minimum atomic E-state index is 0.890. The van der Waals surface area contributed by atoms with E-state index in [-0.39, 0.29) is 0 Å². The summed E-state index contributed by atoms with van der Waals surface area (Å²) in [7, 11) is 0. The number of benzene rings is 2.